The molecule has 0 spiro atoms. The molecule has 1 aromatic carbocycles. The molecule has 0 unspecified atom stereocenters. The number of anilines is 2. The van der Waals surface area contributed by atoms with Gasteiger partial charge in [0.15, 0.2) is 0 Å². The highest BCUT2D eigenvalue weighted by Gasteiger charge is 2.51. The summed E-state index contributed by atoms with van der Waals surface area (Å²) in [6.07, 6.45) is 8.93. The lowest BCUT2D eigenvalue weighted by atomic mass is 9.53. The van der Waals surface area contributed by atoms with Crippen LogP contribution < -0.4 is 10.6 Å². The first-order valence-electron chi connectivity index (χ1n) is 10.8. The van der Waals surface area contributed by atoms with Crippen LogP contribution in [0.4, 0.5) is 11.4 Å². The van der Waals surface area contributed by atoms with Crippen molar-refractivity contribution in [1.29, 1.82) is 0 Å². The maximum absolute atomic E-state index is 12.6. The van der Waals surface area contributed by atoms with Crippen molar-refractivity contribution in [3.05, 3.63) is 40.7 Å². The molecule has 4 aliphatic rings. The summed E-state index contributed by atoms with van der Waals surface area (Å²) in [5.74, 6) is 2.62. The van der Waals surface area contributed by atoms with Gasteiger partial charge in [-0.05, 0) is 93.4 Å². The third-order valence-corrected chi connectivity index (χ3v) is 7.48. The van der Waals surface area contributed by atoms with Gasteiger partial charge >= 0.3 is 0 Å². The molecule has 4 bridgehead atoms. The third kappa shape index (κ3) is 3.77. The lowest BCUT2D eigenvalue weighted by Crippen LogP contribution is -2.54. The summed E-state index contributed by atoms with van der Waals surface area (Å²) in [4.78, 5) is 12.6. The van der Waals surface area contributed by atoms with Gasteiger partial charge < -0.3 is 15.2 Å². The van der Waals surface area contributed by atoms with Crippen molar-refractivity contribution in [2.75, 3.05) is 10.6 Å². The Morgan fingerprint density at radius 1 is 1.14 bits per heavy atom. The molecular weight excluding hydrogens is 386 g/mol. The fourth-order valence-corrected chi connectivity index (χ4v) is 6.61. The predicted molar refractivity (Wildman–Crippen MR) is 114 cm³/mol. The summed E-state index contributed by atoms with van der Waals surface area (Å²) in [6, 6.07) is 8.09. The summed E-state index contributed by atoms with van der Waals surface area (Å²) < 4.78 is 4.97. The number of carbonyl (C=O) groups is 1. The van der Waals surface area contributed by atoms with Crippen LogP contribution in [0.25, 0.3) is 0 Å². The number of amides is 1. The van der Waals surface area contributed by atoms with Crippen LogP contribution in [-0.4, -0.2) is 16.6 Å². The molecule has 2 N–H and O–H groups in total. The summed E-state index contributed by atoms with van der Waals surface area (Å²) in [5.41, 5.74) is 3.67. The second kappa shape index (κ2) is 7.35. The maximum Gasteiger partial charge on any atom is 0.229 e. The topological polar surface area (TPSA) is 67.2 Å². The highest BCUT2D eigenvalue weighted by Crippen LogP contribution is 2.56. The lowest BCUT2D eigenvalue weighted by molar-refractivity contribution is -0.116. The SMILES string of the molecule is Cc1noc(Cl)c1CCC(=O)Nc1ccccc1NC12CC3CC(CC(C3)C1)C2. The zero-order chi connectivity index (χ0) is 20.0. The zero-order valence-corrected chi connectivity index (χ0v) is 17.6. The standard InChI is InChI=1S/C23H28ClN3O2/c1-14-18(22(24)29-27-14)6-7-21(28)25-19-4-2-3-5-20(19)26-23-11-15-8-16(12-23)10-17(9-15)13-23/h2-5,15-17,26H,6-13H2,1H3,(H,25,28). The summed E-state index contributed by atoms with van der Waals surface area (Å²) in [6.45, 7) is 1.84. The Labute approximate surface area is 176 Å². The molecule has 0 aliphatic heterocycles. The van der Waals surface area contributed by atoms with Crippen LogP contribution in [0.1, 0.15) is 56.2 Å². The van der Waals surface area contributed by atoms with Crippen molar-refractivity contribution in [3.63, 3.8) is 0 Å². The molecule has 2 aromatic rings. The minimum atomic E-state index is -0.0265. The van der Waals surface area contributed by atoms with Gasteiger partial charge in [-0.3, -0.25) is 4.79 Å². The molecule has 29 heavy (non-hydrogen) atoms. The van der Waals surface area contributed by atoms with Gasteiger partial charge in [-0.25, -0.2) is 0 Å². The van der Waals surface area contributed by atoms with E-state index in [1.807, 2.05) is 25.1 Å². The zero-order valence-electron chi connectivity index (χ0n) is 16.8. The number of carbonyl (C=O) groups excluding carboxylic acids is 1. The molecule has 6 heteroatoms. The van der Waals surface area contributed by atoms with Crippen LogP contribution >= 0.6 is 11.6 Å². The number of hydrogen-bond acceptors (Lipinski definition) is 4. The van der Waals surface area contributed by atoms with Gasteiger partial charge in [-0.15, -0.1) is 0 Å². The van der Waals surface area contributed by atoms with Gasteiger partial charge in [0.05, 0.1) is 17.1 Å². The van der Waals surface area contributed by atoms with Gasteiger partial charge in [0.1, 0.15) is 0 Å². The third-order valence-electron chi connectivity index (χ3n) is 7.18. The van der Waals surface area contributed by atoms with Gasteiger partial charge in [0, 0.05) is 17.5 Å². The first kappa shape index (κ1) is 19.0. The lowest BCUT2D eigenvalue weighted by Gasteiger charge is -2.57. The average molecular weight is 414 g/mol. The smallest absolute Gasteiger partial charge is 0.229 e. The number of halogens is 1. The first-order chi connectivity index (χ1) is 14.0. The Morgan fingerprint density at radius 3 is 2.34 bits per heavy atom. The van der Waals surface area contributed by atoms with Crippen molar-refractivity contribution in [3.8, 4) is 0 Å². The quantitative estimate of drug-likeness (QED) is 0.647. The Kier molecular flexibility index (Phi) is 4.81. The molecule has 0 radical (unpaired) electrons. The average Bonchev–Trinajstić information content (AvgIpc) is 2.98. The van der Waals surface area contributed by atoms with E-state index in [9.17, 15) is 4.79 Å². The van der Waals surface area contributed by atoms with E-state index < -0.39 is 0 Å². The predicted octanol–water partition coefficient (Wildman–Crippen LogP) is 5.59. The van der Waals surface area contributed by atoms with Crippen LogP contribution in [0.5, 0.6) is 0 Å². The molecule has 0 saturated heterocycles. The van der Waals surface area contributed by atoms with Gasteiger partial charge in [-0.2, -0.15) is 0 Å². The Hall–Kier alpha value is -2.01. The Balaban J connectivity index is 1.27. The molecule has 1 aromatic heterocycles. The second-order valence-electron chi connectivity index (χ2n) is 9.44. The molecule has 5 nitrogen and oxygen atoms in total. The summed E-state index contributed by atoms with van der Waals surface area (Å²) in [7, 11) is 0. The van der Waals surface area contributed by atoms with Crippen molar-refractivity contribution in [1.82, 2.24) is 5.16 Å². The normalized spacial score (nSPS) is 29.8. The monoisotopic (exact) mass is 413 g/mol. The maximum atomic E-state index is 12.6. The van der Waals surface area contributed by atoms with Crippen molar-refractivity contribution in [2.45, 2.75) is 63.8 Å². The van der Waals surface area contributed by atoms with Crippen molar-refractivity contribution < 1.29 is 9.32 Å². The molecule has 4 aliphatic carbocycles. The number of nitrogens with zero attached hydrogens (tertiary/aromatic N) is 1. The number of hydrogen-bond donors (Lipinski definition) is 2. The highest BCUT2D eigenvalue weighted by molar-refractivity contribution is 6.29. The molecule has 1 amide bonds. The fourth-order valence-electron chi connectivity index (χ4n) is 6.34. The largest absolute Gasteiger partial charge is 0.378 e. The number of aryl methyl sites for hydroxylation is 1. The van der Waals surface area contributed by atoms with Crippen LogP contribution in [0.3, 0.4) is 0 Å². The van der Waals surface area contributed by atoms with Gasteiger partial charge in [0.25, 0.3) is 0 Å². The van der Waals surface area contributed by atoms with Crippen LogP contribution in [0, 0.1) is 24.7 Å². The van der Waals surface area contributed by atoms with Gasteiger partial charge in [0.2, 0.25) is 11.1 Å². The minimum absolute atomic E-state index is 0.0265. The number of aromatic nitrogens is 1. The van der Waals surface area contributed by atoms with E-state index in [0.29, 0.717) is 12.8 Å². The highest BCUT2D eigenvalue weighted by atomic mass is 35.5. The van der Waals surface area contributed by atoms with E-state index >= 15 is 0 Å². The minimum Gasteiger partial charge on any atom is -0.378 e. The molecule has 0 atom stereocenters. The summed E-state index contributed by atoms with van der Waals surface area (Å²) in [5, 5.41) is 11.1. The van der Waals surface area contributed by atoms with Gasteiger partial charge in [-0.1, -0.05) is 17.3 Å². The molecule has 4 fully saturated rings. The van der Waals surface area contributed by atoms with E-state index in [1.165, 1.54) is 38.5 Å². The van der Waals surface area contributed by atoms with Crippen LogP contribution in [0.2, 0.25) is 5.22 Å². The summed E-state index contributed by atoms with van der Waals surface area (Å²) >= 11 is 6.02. The number of para-hydroxylation sites is 2. The van der Waals surface area contributed by atoms with E-state index in [0.717, 1.165) is 40.4 Å². The van der Waals surface area contributed by atoms with E-state index in [4.69, 9.17) is 16.1 Å². The molecule has 1 heterocycles. The van der Waals surface area contributed by atoms with Crippen molar-refractivity contribution in [2.24, 2.45) is 17.8 Å². The molecule has 6 rings (SSSR count). The molecule has 4 saturated carbocycles. The van der Waals surface area contributed by atoms with Crippen LogP contribution in [0.15, 0.2) is 28.8 Å². The van der Waals surface area contributed by atoms with E-state index in [1.54, 1.807) is 0 Å². The second-order valence-corrected chi connectivity index (χ2v) is 9.78. The van der Waals surface area contributed by atoms with E-state index in [-0.39, 0.29) is 16.7 Å². The van der Waals surface area contributed by atoms with E-state index in [2.05, 4.69) is 21.9 Å². The Morgan fingerprint density at radius 2 is 1.76 bits per heavy atom. The number of benzene rings is 1. The number of nitrogens with one attached hydrogen (secondary N) is 2. The van der Waals surface area contributed by atoms with Crippen LogP contribution in [-0.2, 0) is 11.2 Å². The molecular formula is C23H28ClN3O2. The number of rotatable bonds is 6. The van der Waals surface area contributed by atoms with Crippen molar-refractivity contribution >= 4 is 28.9 Å². The molecule has 154 valence electrons. The Bertz CT molecular complexity index is 868. The fraction of sp³-hybridized carbons (Fsp3) is 0.565. The first-order valence-corrected chi connectivity index (χ1v) is 11.2.